The molecule has 20 heavy (non-hydrogen) atoms. The molecule has 1 fully saturated rings. The minimum absolute atomic E-state index is 0.319. The van der Waals surface area contributed by atoms with Crippen molar-refractivity contribution in [3.8, 4) is 0 Å². The Morgan fingerprint density at radius 3 is 2.95 bits per heavy atom. The molecule has 0 aliphatic heterocycles. The summed E-state index contributed by atoms with van der Waals surface area (Å²) in [6.07, 6.45) is 13.0. The Morgan fingerprint density at radius 2 is 2.25 bits per heavy atom. The number of nitrogens with zero attached hydrogens (tertiary/aromatic N) is 2. The maximum absolute atomic E-state index is 5.73. The minimum Gasteiger partial charge on any atom is -0.335 e. The van der Waals surface area contributed by atoms with Gasteiger partial charge < -0.3 is 4.57 Å². The highest BCUT2D eigenvalue weighted by Crippen LogP contribution is 2.28. The summed E-state index contributed by atoms with van der Waals surface area (Å²) in [6.45, 7) is 3.24. The van der Waals surface area contributed by atoms with Crippen molar-refractivity contribution in [1.82, 2.24) is 15.0 Å². The molecule has 1 saturated carbocycles. The van der Waals surface area contributed by atoms with Gasteiger partial charge in [-0.1, -0.05) is 26.2 Å². The van der Waals surface area contributed by atoms with Crippen LogP contribution in [0, 0.1) is 0 Å². The average Bonchev–Trinajstić information content (AvgIpc) is 2.92. The van der Waals surface area contributed by atoms with Gasteiger partial charge in [0.25, 0.3) is 0 Å². The van der Waals surface area contributed by atoms with Crippen LogP contribution in [0.25, 0.3) is 0 Å². The highest BCUT2D eigenvalue weighted by molar-refractivity contribution is 7.99. The smallest absolute Gasteiger partial charge is 0.110 e. The fraction of sp³-hybridized carbons (Fsp3) is 0.800. The number of aryl methyl sites for hydroxylation is 1. The number of nitrogens with one attached hydrogen (secondary N) is 1. The van der Waals surface area contributed by atoms with Gasteiger partial charge in [-0.05, 0) is 19.3 Å². The third-order valence-corrected chi connectivity index (χ3v) is 5.55. The molecule has 0 bridgehead atoms. The lowest BCUT2D eigenvalue weighted by atomic mass is 10.0. The van der Waals surface area contributed by atoms with Crippen LogP contribution in [0.3, 0.4) is 0 Å². The maximum atomic E-state index is 5.73. The van der Waals surface area contributed by atoms with Gasteiger partial charge in [0.05, 0.1) is 0 Å². The summed E-state index contributed by atoms with van der Waals surface area (Å²) in [6, 6.07) is 0.319. The molecule has 0 saturated heterocycles. The summed E-state index contributed by atoms with van der Waals surface area (Å²) < 4.78 is 2.25. The maximum Gasteiger partial charge on any atom is 0.110 e. The molecule has 3 N–H and O–H groups in total. The molecule has 0 amide bonds. The predicted molar refractivity (Wildman–Crippen MR) is 86.7 cm³/mol. The largest absolute Gasteiger partial charge is 0.335 e. The Hall–Kier alpha value is -0.520. The third-order valence-electron chi connectivity index (χ3n) is 4.02. The zero-order chi connectivity index (χ0) is 14.2. The normalized spacial score (nSPS) is 18.3. The molecule has 1 aliphatic carbocycles. The van der Waals surface area contributed by atoms with E-state index >= 15 is 0 Å². The van der Waals surface area contributed by atoms with Crippen LogP contribution in [0.15, 0.2) is 12.4 Å². The number of aromatic nitrogens is 2. The highest BCUT2D eigenvalue weighted by Gasteiger charge is 2.17. The highest BCUT2D eigenvalue weighted by atomic mass is 32.2. The number of thioether (sulfide) groups is 1. The first-order valence-corrected chi connectivity index (χ1v) is 8.96. The van der Waals surface area contributed by atoms with Gasteiger partial charge in [-0.15, -0.1) is 0 Å². The first-order valence-electron chi connectivity index (χ1n) is 7.91. The van der Waals surface area contributed by atoms with Crippen molar-refractivity contribution >= 4 is 11.8 Å². The van der Waals surface area contributed by atoms with E-state index in [0.29, 0.717) is 6.04 Å². The topological polar surface area (TPSA) is 55.9 Å². The molecule has 1 aromatic rings. The van der Waals surface area contributed by atoms with Crippen LogP contribution < -0.4 is 11.3 Å². The molecule has 0 spiro atoms. The zero-order valence-corrected chi connectivity index (χ0v) is 13.4. The van der Waals surface area contributed by atoms with Gasteiger partial charge in [0.2, 0.25) is 0 Å². The summed E-state index contributed by atoms with van der Waals surface area (Å²) in [7, 11) is 0. The van der Waals surface area contributed by atoms with Gasteiger partial charge in [-0.3, -0.25) is 11.3 Å². The van der Waals surface area contributed by atoms with Crippen molar-refractivity contribution in [3.05, 3.63) is 18.2 Å². The minimum atomic E-state index is 0.319. The summed E-state index contributed by atoms with van der Waals surface area (Å²) in [4.78, 5) is 4.48. The number of imidazole rings is 1. The van der Waals surface area contributed by atoms with Gasteiger partial charge in [0.1, 0.15) is 5.82 Å². The summed E-state index contributed by atoms with van der Waals surface area (Å²) in [5.41, 5.74) is 2.98. The van der Waals surface area contributed by atoms with Gasteiger partial charge in [-0.25, -0.2) is 4.98 Å². The van der Waals surface area contributed by atoms with Gasteiger partial charge >= 0.3 is 0 Å². The Bertz CT molecular complexity index is 374. The first kappa shape index (κ1) is 15.9. The Balaban J connectivity index is 1.80. The molecule has 1 aliphatic rings. The lowest BCUT2D eigenvalue weighted by molar-refractivity contribution is 0.510. The fourth-order valence-electron chi connectivity index (χ4n) is 2.84. The van der Waals surface area contributed by atoms with Gasteiger partial charge in [0, 0.05) is 42.4 Å². The van der Waals surface area contributed by atoms with E-state index in [0.717, 1.165) is 36.2 Å². The quantitative estimate of drug-likeness (QED) is 0.572. The lowest BCUT2D eigenvalue weighted by Gasteiger charge is -2.23. The molecule has 1 aromatic heterocycles. The van der Waals surface area contributed by atoms with E-state index < -0.39 is 0 Å². The number of hydrogen-bond acceptors (Lipinski definition) is 4. The molecule has 114 valence electrons. The summed E-state index contributed by atoms with van der Waals surface area (Å²) >= 11 is 2.09. The van der Waals surface area contributed by atoms with Crippen LogP contribution in [0.2, 0.25) is 0 Å². The van der Waals surface area contributed by atoms with Crippen LogP contribution in [-0.4, -0.2) is 26.6 Å². The number of hydrogen-bond donors (Lipinski definition) is 2. The molecule has 1 atom stereocenters. The molecule has 5 heteroatoms. The van der Waals surface area contributed by atoms with Crippen LogP contribution >= 0.6 is 11.8 Å². The Morgan fingerprint density at radius 1 is 1.45 bits per heavy atom. The van der Waals surface area contributed by atoms with Gasteiger partial charge in [0.15, 0.2) is 0 Å². The van der Waals surface area contributed by atoms with Crippen LogP contribution in [0.4, 0.5) is 0 Å². The lowest BCUT2D eigenvalue weighted by Crippen LogP contribution is -2.39. The molecular weight excluding hydrogens is 268 g/mol. The standard InChI is InChI=1S/C15H28N4S/c1-2-9-19-10-8-17-15(19)11-13(18-16)12-20-14-6-4-3-5-7-14/h8,10,13-14,18H,2-7,9,11-12,16H2,1H3. The van der Waals surface area contributed by atoms with Crippen molar-refractivity contribution in [2.24, 2.45) is 5.84 Å². The monoisotopic (exact) mass is 296 g/mol. The van der Waals surface area contributed by atoms with E-state index in [9.17, 15) is 0 Å². The summed E-state index contributed by atoms with van der Waals surface area (Å²) in [5, 5.41) is 0.843. The van der Waals surface area contributed by atoms with Gasteiger partial charge in [-0.2, -0.15) is 11.8 Å². The van der Waals surface area contributed by atoms with E-state index in [1.54, 1.807) is 0 Å². The van der Waals surface area contributed by atoms with E-state index in [4.69, 9.17) is 5.84 Å². The SMILES string of the molecule is CCCn1ccnc1CC(CSC1CCCCC1)NN. The Labute approximate surface area is 126 Å². The second kappa shape index (κ2) is 8.70. The molecule has 2 rings (SSSR count). The molecular formula is C15H28N4S. The molecule has 0 radical (unpaired) electrons. The summed E-state index contributed by atoms with van der Waals surface area (Å²) in [5.74, 6) is 7.96. The van der Waals surface area contributed by atoms with Crippen molar-refractivity contribution in [1.29, 1.82) is 0 Å². The van der Waals surface area contributed by atoms with Crippen LogP contribution in [-0.2, 0) is 13.0 Å². The van der Waals surface area contributed by atoms with Crippen LogP contribution in [0.1, 0.15) is 51.3 Å². The number of rotatable bonds is 8. The zero-order valence-electron chi connectivity index (χ0n) is 12.6. The molecule has 4 nitrogen and oxygen atoms in total. The van der Waals surface area contributed by atoms with Crippen LogP contribution in [0.5, 0.6) is 0 Å². The first-order chi connectivity index (χ1) is 9.83. The van der Waals surface area contributed by atoms with Crippen molar-refractivity contribution in [3.63, 3.8) is 0 Å². The van der Waals surface area contributed by atoms with Crippen molar-refractivity contribution in [2.45, 2.75) is 69.7 Å². The van der Waals surface area contributed by atoms with Crippen molar-refractivity contribution in [2.75, 3.05) is 5.75 Å². The molecule has 1 heterocycles. The second-order valence-electron chi connectivity index (χ2n) is 5.70. The van der Waals surface area contributed by atoms with E-state index in [2.05, 4.69) is 39.9 Å². The number of hydrazine groups is 1. The van der Waals surface area contributed by atoms with Crippen molar-refractivity contribution < 1.29 is 0 Å². The number of nitrogens with two attached hydrogens (primary N) is 1. The van der Waals surface area contributed by atoms with E-state index in [1.165, 1.54) is 32.1 Å². The second-order valence-corrected chi connectivity index (χ2v) is 7.03. The fourth-order valence-corrected chi connectivity index (χ4v) is 4.23. The molecule has 0 aromatic carbocycles. The van der Waals surface area contributed by atoms with E-state index in [-0.39, 0.29) is 0 Å². The van der Waals surface area contributed by atoms with E-state index in [1.807, 2.05) is 6.20 Å². The Kier molecular flexibility index (Phi) is 6.90. The predicted octanol–water partition coefficient (Wildman–Crippen LogP) is 2.73. The molecule has 1 unspecified atom stereocenters. The average molecular weight is 296 g/mol. The third kappa shape index (κ3) is 4.79.